The average Bonchev–Trinajstić information content (AvgIpc) is 3.29. The van der Waals surface area contributed by atoms with Crippen LogP contribution in [0.1, 0.15) is 17.3 Å². The molecule has 2 amide bonds. The molecule has 0 aliphatic heterocycles. The molecule has 0 aliphatic carbocycles. The van der Waals surface area contributed by atoms with E-state index >= 15 is 0 Å². The fraction of sp³-hybridized carbons (Fsp3) is 0.200. The number of nitrogens with two attached hydrogens (primary N) is 1. The number of carbonyl (C=O) groups is 2. The van der Waals surface area contributed by atoms with Crippen molar-refractivity contribution < 1.29 is 14.0 Å². The van der Waals surface area contributed by atoms with Crippen molar-refractivity contribution in [3.63, 3.8) is 0 Å². The number of aromatic nitrogens is 3. The first-order valence-electron chi connectivity index (χ1n) is 7.25. The number of hydrogen-bond acceptors (Lipinski definition) is 7. The van der Waals surface area contributed by atoms with Gasteiger partial charge in [0.2, 0.25) is 5.91 Å². The molecule has 0 unspecified atom stereocenters. The molecule has 0 fully saturated rings. The van der Waals surface area contributed by atoms with Crippen molar-refractivity contribution in [3.8, 4) is 11.6 Å². The summed E-state index contributed by atoms with van der Waals surface area (Å²) in [5.41, 5.74) is 5.58. The van der Waals surface area contributed by atoms with Crippen LogP contribution in [0, 0.1) is 0 Å². The van der Waals surface area contributed by atoms with E-state index in [4.69, 9.17) is 10.2 Å². The Morgan fingerprint density at radius 3 is 2.88 bits per heavy atom. The summed E-state index contributed by atoms with van der Waals surface area (Å²) in [6, 6.07) is 5.14. The van der Waals surface area contributed by atoms with Crippen LogP contribution >= 0.6 is 23.1 Å². The van der Waals surface area contributed by atoms with Crippen LogP contribution in [-0.4, -0.2) is 31.8 Å². The van der Waals surface area contributed by atoms with Gasteiger partial charge >= 0.3 is 0 Å². The van der Waals surface area contributed by atoms with E-state index < -0.39 is 11.2 Å². The third-order valence-corrected chi connectivity index (χ3v) is 5.36. The van der Waals surface area contributed by atoms with Crippen molar-refractivity contribution in [1.29, 1.82) is 0 Å². The number of hydrogen-bond donors (Lipinski definition) is 2. The summed E-state index contributed by atoms with van der Waals surface area (Å²) in [4.78, 5) is 23.7. The van der Waals surface area contributed by atoms with Gasteiger partial charge in [-0.15, -0.1) is 21.5 Å². The van der Waals surface area contributed by atoms with Crippen LogP contribution in [0.2, 0.25) is 0 Å². The predicted octanol–water partition coefficient (Wildman–Crippen LogP) is 2.35. The summed E-state index contributed by atoms with van der Waals surface area (Å²) in [6.07, 6.45) is 1.56. The van der Waals surface area contributed by atoms with E-state index in [0.29, 0.717) is 27.3 Å². The van der Waals surface area contributed by atoms with Gasteiger partial charge in [0.05, 0.1) is 17.1 Å². The number of primary amides is 1. The zero-order valence-electron chi connectivity index (χ0n) is 13.4. The van der Waals surface area contributed by atoms with Crippen LogP contribution < -0.4 is 11.1 Å². The lowest BCUT2D eigenvalue weighted by molar-refractivity contribution is -0.115. The second-order valence-corrected chi connectivity index (χ2v) is 7.34. The third kappa shape index (κ3) is 3.59. The van der Waals surface area contributed by atoms with Gasteiger partial charge in [-0.25, -0.2) is 0 Å². The van der Waals surface area contributed by atoms with E-state index in [1.54, 1.807) is 48.4 Å². The number of carbonyl (C=O) groups excluding carboxylic acids is 2. The quantitative estimate of drug-likeness (QED) is 0.637. The van der Waals surface area contributed by atoms with Gasteiger partial charge < -0.3 is 20.0 Å². The highest BCUT2D eigenvalue weighted by Gasteiger charge is 2.22. The molecule has 3 N–H and O–H groups in total. The first kappa shape index (κ1) is 17.2. The Labute approximate surface area is 151 Å². The zero-order chi connectivity index (χ0) is 18.0. The largest absolute Gasteiger partial charge is 0.461 e. The van der Waals surface area contributed by atoms with Gasteiger partial charge in [0, 0.05) is 7.05 Å². The van der Waals surface area contributed by atoms with E-state index in [2.05, 4.69) is 15.5 Å². The SMILES string of the molecule is C[C@@H](Sc1nnc(-c2ccco2)n1C)C(=O)Nc1sccc1C(N)=O. The molecule has 0 saturated heterocycles. The molecular formula is C15H15N5O3S2. The molecule has 1 atom stereocenters. The molecule has 3 aromatic rings. The maximum Gasteiger partial charge on any atom is 0.251 e. The van der Waals surface area contributed by atoms with Gasteiger partial charge in [-0.3, -0.25) is 9.59 Å². The molecule has 0 bridgehead atoms. The number of furan rings is 1. The third-order valence-electron chi connectivity index (χ3n) is 3.40. The number of nitrogens with zero attached hydrogens (tertiary/aromatic N) is 3. The number of anilines is 1. The lowest BCUT2D eigenvalue weighted by Gasteiger charge is -2.11. The summed E-state index contributed by atoms with van der Waals surface area (Å²) in [5.74, 6) is 0.351. The average molecular weight is 377 g/mol. The van der Waals surface area contributed by atoms with Crippen LogP contribution in [-0.2, 0) is 11.8 Å². The van der Waals surface area contributed by atoms with Crippen LogP contribution in [0.15, 0.2) is 39.4 Å². The van der Waals surface area contributed by atoms with E-state index in [0.717, 1.165) is 0 Å². The highest BCUT2D eigenvalue weighted by Crippen LogP contribution is 2.28. The molecule has 0 saturated carbocycles. The second kappa shape index (κ2) is 7.11. The summed E-state index contributed by atoms with van der Waals surface area (Å²) in [7, 11) is 1.80. The van der Waals surface area contributed by atoms with Crippen molar-refractivity contribution in [2.24, 2.45) is 12.8 Å². The van der Waals surface area contributed by atoms with Crippen molar-refractivity contribution in [3.05, 3.63) is 35.4 Å². The minimum absolute atomic E-state index is 0.252. The highest BCUT2D eigenvalue weighted by atomic mass is 32.2. The molecular weight excluding hydrogens is 362 g/mol. The molecule has 3 rings (SSSR count). The maximum absolute atomic E-state index is 12.4. The summed E-state index contributed by atoms with van der Waals surface area (Å²) in [5, 5.41) is 13.2. The second-order valence-electron chi connectivity index (χ2n) is 5.12. The number of amides is 2. The fourth-order valence-electron chi connectivity index (χ4n) is 2.06. The topological polar surface area (TPSA) is 116 Å². The molecule has 0 spiro atoms. The molecule has 0 radical (unpaired) electrons. The number of nitrogens with one attached hydrogen (secondary N) is 1. The van der Waals surface area contributed by atoms with E-state index in [-0.39, 0.29) is 5.91 Å². The van der Waals surface area contributed by atoms with Crippen LogP contribution in [0.25, 0.3) is 11.6 Å². The van der Waals surface area contributed by atoms with E-state index in [1.807, 2.05) is 0 Å². The zero-order valence-corrected chi connectivity index (χ0v) is 15.1. The molecule has 0 aliphatic rings. The normalized spacial score (nSPS) is 12.1. The minimum Gasteiger partial charge on any atom is -0.461 e. The Kier molecular flexibility index (Phi) is 4.91. The standard InChI is InChI=1S/C15H15N5O3S2/c1-8(13(22)17-14-9(11(16)21)5-7-24-14)25-15-19-18-12(20(15)2)10-4-3-6-23-10/h3-8H,1-2H3,(H2,16,21)(H,17,22)/t8-/m1/s1. The first-order valence-corrected chi connectivity index (χ1v) is 9.01. The van der Waals surface area contributed by atoms with Gasteiger partial charge in [-0.2, -0.15) is 0 Å². The van der Waals surface area contributed by atoms with Gasteiger partial charge in [0.1, 0.15) is 5.00 Å². The Morgan fingerprint density at radius 2 is 2.20 bits per heavy atom. The number of thiophene rings is 1. The van der Waals surface area contributed by atoms with Crippen molar-refractivity contribution >= 4 is 39.9 Å². The number of thioether (sulfide) groups is 1. The molecule has 8 nitrogen and oxygen atoms in total. The molecule has 3 heterocycles. The van der Waals surface area contributed by atoms with Gasteiger partial charge in [-0.05, 0) is 30.5 Å². The smallest absolute Gasteiger partial charge is 0.251 e. The van der Waals surface area contributed by atoms with Gasteiger partial charge in [0.15, 0.2) is 16.7 Å². The monoisotopic (exact) mass is 377 g/mol. The van der Waals surface area contributed by atoms with E-state index in [9.17, 15) is 9.59 Å². The molecule has 25 heavy (non-hydrogen) atoms. The van der Waals surface area contributed by atoms with Gasteiger partial charge in [0.25, 0.3) is 5.91 Å². The highest BCUT2D eigenvalue weighted by molar-refractivity contribution is 8.00. The molecule has 3 aromatic heterocycles. The predicted molar refractivity (Wildman–Crippen MR) is 95.5 cm³/mol. The van der Waals surface area contributed by atoms with Gasteiger partial charge in [-0.1, -0.05) is 11.8 Å². The first-order chi connectivity index (χ1) is 12.0. The van der Waals surface area contributed by atoms with Crippen molar-refractivity contribution in [2.75, 3.05) is 5.32 Å². The maximum atomic E-state index is 12.4. The Hall–Kier alpha value is -2.59. The van der Waals surface area contributed by atoms with Crippen LogP contribution in [0.5, 0.6) is 0 Å². The fourth-order valence-corrected chi connectivity index (χ4v) is 3.67. The van der Waals surface area contributed by atoms with Crippen LogP contribution in [0.4, 0.5) is 5.00 Å². The summed E-state index contributed by atoms with van der Waals surface area (Å²) < 4.78 is 7.07. The number of rotatable bonds is 6. The minimum atomic E-state index is -0.576. The van der Waals surface area contributed by atoms with Crippen molar-refractivity contribution in [1.82, 2.24) is 14.8 Å². The lowest BCUT2D eigenvalue weighted by Crippen LogP contribution is -2.24. The summed E-state index contributed by atoms with van der Waals surface area (Å²) in [6.45, 7) is 1.75. The Balaban J connectivity index is 1.70. The lowest BCUT2D eigenvalue weighted by atomic mass is 10.3. The molecule has 0 aromatic carbocycles. The van der Waals surface area contributed by atoms with Crippen LogP contribution in [0.3, 0.4) is 0 Å². The molecule has 130 valence electrons. The Morgan fingerprint density at radius 1 is 1.40 bits per heavy atom. The van der Waals surface area contributed by atoms with E-state index in [1.165, 1.54) is 23.1 Å². The summed E-state index contributed by atoms with van der Waals surface area (Å²) >= 11 is 2.50. The molecule has 10 heteroatoms. The van der Waals surface area contributed by atoms with Crippen molar-refractivity contribution in [2.45, 2.75) is 17.3 Å². The Bertz CT molecular complexity index is 900.